The minimum atomic E-state index is 0.0871. The normalized spacial score (nSPS) is 23.7. The molecule has 3 nitrogen and oxygen atoms in total. The molecular formula is C15H22N2O. The molecule has 2 unspecified atom stereocenters. The molecule has 0 spiro atoms. The lowest BCUT2D eigenvalue weighted by Crippen LogP contribution is -2.44. The van der Waals surface area contributed by atoms with Gasteiger partial charge >= 0.3 is 0 Å². The number of carbonyl (C=O) groups is 1. The number of amides is 1. The molecule has 1 fully saturated rings. The van der Waals surface area contributed by atoms with E-state index in [1.54, 1.807) is 0 Å². The van der Waals surface area contributed by atoms with Crippen molar-refractivity contribution < 1.29 is 4.79 Å². The Morgan fingerprint density at radius 3 is 3.06 bits per heavy atom. The smallest absolute Gasteiger partial charge is 0.229 e. The average Bonchev–Trinajstić information content (AvgIpc) is 2.39. The monoisotopic (exact) mass is 246 g/mol. The molecule has 2 atom stereocenters. The van der Waals surface area contributed by atoms with E-state index in [0.29, 0.717) is 0 Å². The second kappa shape index (κ2) is 6.01. The van der Waals surface area contributed by atoms with Gasteiger partial charge in [0.05, 0.1) is 5.92 Å². The Morgan fingerprint density at radius 2 is 2.33 bits per heavy atom. The summed E-state index contributed by atoms with van der Waals surface area (Å²) in [5.41, 5.74) is 2.17. The van der Waals surface area contributed by atoms with E-state index in [0.717, 1.165) is 31.5 Å². The van der Waals surface area contributed by atoms with Crippen LogP contribution < -0.4 is 10.6 Å². The van der Waals surface area contributed by atoms with Gasteiger partial charge in [0, 0.05) is 11.7 Å². The van der Waals surface area contributed by atoms with Crippen molar-refractivity contribution in [3.05, 3.63) is 29.8 Å². The molecule has 1 saturated heterocycles. The fourth-order valence-electron chi connectivity index (χ4n) is 2.51. The van der Waals surface area contributed by atoms with Crippen LogP contribution in [-0.2, 0) is 11.2 Å². The summed E-state index contributed by atoms with van der Waals surface area (Å²) >= 11 is 0. The van der Waals surface area contributed by atoms with Crippen molar-refractivity contribution in [3.8, 4) is 0 Å². The maximum Gasteiger partial charge on any atom is 0.229 e. The van der Waals surface area contributed by atoms with Crippen molar-refractivity contribution in [2.45, 2.75) is 39.2 Å². The summed E-state index contributed by atoms with van der Waals surface area (Å²) in [5, 5.41) is 6.40. The number of aryl methyl sites for hydroxylation is 1. The first-order valence-electron chi connectivity index (χ1n) is 6.84. The number of hydrogen-bond acceptors (Lipinski definition) is 2. The van der Waals surface area contributed by atoms with Gasteiger partial charge in [0.15, 0.2) is 0 Å². The molecule has 3 heteroatoms. The third-order valence-corrected chi connectivity index (χ3v) is 3.70. The molecule has 1 aliphatic rings. The second-order valence-corrected chi connectivity index (χ2v) is 5.03. The second-order valence-electron chi connectivity index (χ2n) is 5.03. The van der Waals surface area contributed by atoms with E-state index in [1.807, 2.05) is 12.1 Å². The summed E-state index contributed by atoms with van der Waals surface area (Å²) in [6.45, 7) is 5.23. The minimum Gasteiger partial charge on any atom is -0.326 e. The summed E-state index contributed by atoms with van der Waals surface area (Å²) in [4.78, 5) is 12.2. The van der Waals surface area contributed by atoms with E-state index in [-0.39, 0.29) is 17.9 Å². The molecule has 1 aliphatic heterocycles. The zero-order chi connectivity index (χ0) is 13.0. The van der Waals surface area contributed by atoms with E-state index >= 15 is 0 Å². The largest absolute Gasteiger partial charge is 0.326 e. The van der Waals surface area contributed by atoms with Gasteiger partial charge < -0.3 is 10.6 Å². The Kier molecular flexibility index (Phi) is 4.37. The molecular weight excluding hydrogens is 224 g/mol. The predicted octanol–water partition coefficient (Wildman–Crippen LogP) is 2.58. The molecule has 1 heterocycles. The molecule has 0 radical (unpaired) electrons. The quantitative estimate of drug-likeness (QED) is 0.860. The topological polar surface area (TPSA) is 41.1 Å². The molecule has 1 aromatic rings. The summed E-state index contributed by atoms with van der Waals surface area (Å²) in [7, 11) is 0. The fraction of sp³-hybridized carbons (Fsp3) is 0.533. The lowest BCUT2D eigenvalue weighted by atomic mass is 9.91. The highest BCUT2D eigenvalue weighted by molar-refractivity contribution is 5.93. The van der Waals surface area contributed by atoms with Crippen LogP contribution in [0.15, 0.2) is 24.3 Å². The van der Waals surface area contributed by atoms with Gasteiger partial charge in [-0.3, -0.25) is 4.79 Å². The summed E-state index contributed by atoms with van der Waals surface area (Å²) in [6, 6.07) is 8.36. The molecule has 0 aliphatic carbocycles. The van der Waals surface area contributed by atoms with Crippen molar-refractivity contribution in [2.24, 2.45) is 5.92 Å². The highest BCUT2D eigenvalue weighted by atomic mass is 16.1. The predicted molar refractivity (Wildman–Crippen MR) is 74.6 cm³/mol. The zero-order valence-electron chi connectivity index (χ0n) is 11.2. The SMILES string of the molecule is CCc1cccc(NC(=O)C2CCCNC2C)c1. The Labute approximate surface area is 109 Å². The van der Waals surface area contributed by atoms with Crippen molar-refractivity contribution in [2.75, 3.05) is 11.9 Å². The summed E-state index contributed by atoms with van der Waals surface area (Å²) < 4.78 is 0. The first-order chi connectivity index (χ1) is 8.70. The number of carbonyl (C=O) groups excluding carboxylic acids is 1. The molecule has 98 valence electrons. The van der Waals surface area contributed by atoms with E-state index < -0.39 is 0 Å². The fourth-order valence-corrected chi connectivity index (χ4v) is 2.51. The molecule has 1 aromatic carbocycles. The Morgan fingerprint density at radius 1 is 1.50 bits per heavy atom. The van der Waals surface area contributed by atoms with Crippen LogP contribution in [0.1, 0.15) is 32.3 Å². The van der Waals surface area contributed by atoms with Gasteiger partial charge in [-0.1, -0.05) is 19.1 Å². The third-order valence-electron chi connectivity index (χ3n) is 3.70. The zero-order valence-corrected chi connectivity index (χ0v) is 11.2. The highest BCUT2D eigenvalue weighted by Gasteiger charge is 2.27. The standard InChI is InChI=1S/C15H22N2O/c1-3-12-6-4-7-13(10-12)17-15(18)14-8-5-9-16-11(14)2/h4,6-7,10-11,14,16H,3,5,8-9H2,1-2H3,(H,17,18). The van der Waals surface area contributed by atoms with Gasteiger partial charge in [0.25, 0.3) is 0 Å². The number of nitrogens with one attached hydrogen (secondary N) is 2. The van der Waals surface area contributed by atoms with Gasteiger partial charge in [-0.05, 0) is 50.4 Å². The van der Waals surface area contributed by atoms with Gasteiger partial charge in [-0.25, -0.2) is 0 Å². The van der Waals surface area contributed by atoms with E-state index in [1.165, 1.54) is 5.56 Å². The lowest BCUT2D eigenvalue weighted by molar-refractivity contribution is -0.121. The van der Waals surface area contributed by atoms with Crippen molar-refractivity contribution >= 4 is 11.6 Å². The van der Waals surface area contributed by atoms with Crippen LogP contribution in [0.25, 0.3) is 0 Å². The van der Waals surface area contributed by atoms with Crippen LogP contribution in [0.4, 0.5) is 5.69 Å². The van der Waals surface area contributed by atoms with Crippen LogP contribution in [0, 0.1) is 5.92 Å². The number of hydrogen-bond donors (Lipinski definition) is 2. The van der Waals surface area contributed by atoms with E-state index in [4.69, 9.17) is 0 Å². The summed E-state index contributed by atoms with van der Waals surface area (Å²) in [6.07, 6.45) is 3.05. The van der Waals surface area contributed by atoms with E-state index in [2.05, 4.69) is 36.6 Å². The van der Waals surface area contributed by atoms with Gasteiger partial charge in [0.1, 0.15) is 0 Å². The maximum absolute atomic E-state index is 12.2. The lowest BCUT2D eigenvalue weighted by Gasteiger charge is -2.28. The number of benzene rings is 1. The van der Waals surface area contributed by atoms with Gasteiger partial charge in [-0.15, -0.1) is 0 Å². The number of rotatable bonds is 3. The van der Waals surface area contributed by atoms with Crippen LogP contribution in [0.3, 0.4) is 0 Å². The highest BCUT2D eigenvalue weighted by Crippen LogP contribution is 2.19. The molecule has 0 bridgehead atoms. The van der Waals surface area contributed by atoms with Crippen molar-refractivity contribution in [3.63, 3.8) is 0 Å². The first-order valence-corrected chi connectivity index (χ1v) is 6.84. The molecule has 2 N–H and O–H groups in total. The maximum atomic E-state index is 12.2. The summed E-state index contributed by atoms with van der Waals surface area (Å²) in [5.74, 6) is 0.229. The van der Waals surface area contributed by atoms with Crippen LogP contribution in [0.2, 0.25) is 0 Å². The molecule has 1 amide bonds. The van der Waals surface area contributed by atoms with E-state index in [9.17, 15) is 4.79 Å². The van der Waals surface area contributed by atoms with Gasteiger partial charge in [0.2, 0.25) is 5.91 Å². The number of anilines is 1. The van der Waals surface area contributed by atoms with Crippen LogP contribution >= 0.6 is 0 Å². The minimum absolute atomic E-state index is 0.0871. The third kappa shape index (κ3) is 3.10. The van der Waals surface area contributed by atoms with Crippen molar-refractivity contribution in [1.82, 2.24) is 5.32 Å². The Balaban J connectivity index is 2.01. The van der Waals surface area contributed by atoms with Crippen LogP contribution in [0.5, 0.6) is 0 Å². The number of piperidine rings is 1. The Bertz CT molecular complexity index is 417. The Hall–Kier alpha value is -1.35. The van der Waals surface area contributed by atoms with Crippen molar-refractivity contribution in [1.29, 1.82) is 0 Å². The first kappa shape index (κ1) is 13.1. The molecule has 0 aromatic heterocycles. The van der Waals surface area contributed by atoms with Gasteiger partial charge in [-0.2, -0.15) is 0 Å². The molecule has 0 saturated carbocycles. The van der Waals surface area contributed by atoms with Crippen LogP contribution in [-0.4, -0.2) is 18.5 Å². The molecule has 2 rings (SSSR count). The molecule has 18 heavy (non-hydrogen) atoms. The average molecular weight is 246 g/mol.